The Hall–Kier alpha value is 0.150. The Morgan fingerprint density at radius 1 is 0.957 bits per heavy atom. The van der Waals surface area contributed by atoms with Gasteiger partial charge in [0.05, 0.1) is 11.5 Å². The van der Waals surface area contributed by atoms with E-state index < -0.39 is 0 Å². The van der Waals surface area contributed by atoms with Gasteiger partial charge in [-0.25, -0.2) is 16.3 Å². The Bertz CT molecular complexity index is 370. The van der Waals surface area contributed by atoms with Gasteiger partial charge in [-0.2, -0.15) is 5.01 Å². The predicted molar refractivity (Wildman–Crippen MR) is 96.2 cm³/mol. The highest BCUT2D eigenvalue weighted by atomic mass is 32.2. The molecule has 4 fully saturated rings. The van der Waals surface area contributed by atoms with Gasteiger partial charge in [0.15, 0.2) is 0 Å². The van der Waals surface area contributed by atoms with Gasteiger partial charge in [0.1, 0.15) is 5.50 Å². The first kappa shape index (κ1) is 16.6. The van der Waals surface area contributed by atoms with Crippen molar-refractivity contribution in [2.24, 2.45) is 11.8 Å². The third-order valence-corrected chi connectivity index (χ3v) is 7.35. The molecule has 3 saturated heterocycles. The molecule has 4 N–H and O–H groups in total. The first-order valence-electron chi connectivity index (χ1n) is 9.82. The van der Waals surface area contributed by atoms with Crippen LogP contribution in [0.4, 0.5) is 0 Å². The Morgan fingerprint density at radius 3 is 2.70 bits per heavy atom. The lowest BCUT2D eigenvalue weighted by Crippen LogP contribution is -2.53. The average molecular weight is 340 g/mol. The Kier molecular flexibility index (Phi) is 5.79. The molecule has 0 aromatic heterocycles. The van der Waals surface area contributed by atoms with E-state index in [1.165, 1.54) is 70.8 Å². The smallest absolute Gasteiger partial charge is 0.136 e. The van der Waals surface area contributed by atoms with Crippen molar-refractivity contribution in [2.75, 3.05) is 13.1 Å². The van der Waals surface area contributed by atoms with Gasteiger partial charge >= 0.3 is 0 Å². The first-order valence-corrected chi connectivity index (χ1v) is 10.8. The van der Waals surface area contributed by atoms with Crippen LogP contribution < -0.4 is 21.6 Å². The van der Waals surface area contributed by atoms with Gasteiger partial charge < -0.3 is 5.32 Å². The third-order valence-electron chi connectivity index (χ3n) is 6.08. The van der Waals surface area contributed by atoms with Gasteiger partial charge in [-0.1, -0.05) is 44.9 Å². The fourth-order valence-electron chi connectivity index (χ4n) is 4.74. The van der Waals surface area contributed by atoms with E-state index in [1.807, 2.05) is 0 Å². The number of nitrogens with one attached hydrogen (secondary N) is 4. The lowest BCUT2D eigenvalue weighted by atomic mass is 9.86. The van der Waals surface area contributed by atoms with E-state index in [0.29, 0.717) is 23.0 Å². The number of fused-ring (bicyclic) bond motifs is 1. The van der Waals surface area contributed by atoms with E-state index in [-0.39, 0.29) is 0 Å². The average Bonchev–Trinajstić information content (AvgIpc) is 3.17. The molecule has 0 amide bonds. The van der Waals surface area contributed by atoms with Crippen molar-refractivity contribution >= 4 is 11.8 Å². The molecular formula is C17H33N5S. The number of piperidine rings is 1. The van der Waals surface area contributed by atoms with Gasteiger partial charge in [-0.05, 0) is 31.7 Å². The summed E-state index contributed by atoms with van der Waals surface area (Å²) in [5, 5.41) is 6.59. The van der Waals surface area contributed by atoms with Crippen LogP contribution in [-0.4, -0.2) is 35.1 Å². The van der Waals surface area contributed by atoms with Crippen molar-refractivity contribution in [2.45, 2.75) is 81.2 Å². The lowest BCUT2D eigenvalue weighted by Gasteiger charge is -2.32. The Balaban J connectivity index is 1.21. The van der Waals surface area contributed by atoms with Crippen molar-refractivity contribution < 1.29 is 0 Å². The molecule has 3 heterocycles. The summed E-state index contributed by atoms with van der Waals surface area (Å²) in [5.74, 6) is 1.73. The number of rotatable bonds is 5. The highest BCUT2D eigenvalue weighted by Crippen LogP contribution is 2.35. The highest BCUT2D eigenvalue weighted by molar-refractivity contribution is 8.00. The van der Waals surface area contributed by atoms with Gasteiger partial charge in [-0.3, -0.25) is 0 Å². The van der Waals surface area contributed by atoms with Crippen LogP contribution in [-0.2, 0) is 0 Å². The van der Waals surface area contributed by atoms with Crippen molar-refractivity contribution in [1.82, 2.24) is 26.6 Å². The van der Waals surface area contributed by atoms with Gasteiger partial charge in [-0.15, -0.1) is 11.8 Å². The zero-order valence-electron chi connectivity index (χ0n) is 14.2. The molecule has 3 aliphatic heterocycles. The molecule has 6 heteroatoms. The summed E-state index contributed by atoms with van der Waals surface area (Å²) in [4.78, 5) is 0. The molecular weight excluding hydrogens is 306 g/mol. The summed E-state index contributed by atoms with van der Waals surface area (Å²) >= 11 is 2.06. The summed E-state index contributed by atoms with van der Waals surface area (Å²) in [6.07, 6.45) is 14.6. The van der Waals surface area contributed by atoms with Crippen LogP contribution in [0, 0.1) is 11.8 Å². The van der Waals surface area contributed by atoms with E-state index in [0.717, 1.165) is 12.5 Å². The summed E-state index contributed by atoms with van der Waals surface area (Å²) in [7, 11) is 0. The monoisotopic (exact) mass is 339 g/mol. The minimum atomic E-state index is 0.404. The number of thioether (sulfide) groups is 1. The summed E-state index contributed by atoms with van der Waals surface area (Å²) in [6.45, 7) is 2.33. The fourth-order valence-corrected chi connectivity index (χ4v) is 5.99. The molecule has 1 saturated carbocycles. The molecule has 5 nitrogen and oxygen atoms in total. The van der Waals surface area contributed by atoms with Gasteiger partial charge in [0.2, 0.25) is 0 Å². The maximum atomic E-state index is 3.78. The molecule has 4 atom stereocenters. The van der Waals surface area contributed by atoms with Crippen LogP contribution in [0.15, 0.2) is 0 Å². The minimum absolute atomic E-state index is 0.404. The van der Waals surface area contributed by atoms with Crippen molar-refractivity contribution in [3.8, 4) is 0 Å². The maximum Gasteiger partial charge on any atom is 0.136 e. The maximum absolute atomic E-state index is 3.78. The van der Waals surface area contributed by atoms with E-state index >= 15 is 0 Å². The zero-order chi connectivity index (χ0) is 15.5. The summed E-state index contributed by atoms with van der Waals surface area (Å²) < 4.78 is 0. The zero-order valence-corrected chi connectivity index (χ0v) is 15.0. The minimum Gasteiger partial charge on any atom is -0.316 e. The molecule has 23 heavy (non-hydrogen) atoms. The molecule has 4 aliphatic rings. The van der Waals surface area contributed by atoms with Crippen molar-refractivity contribution in [3.05, 3.63) is 0 Å². The van der Waals surface area contributed by atoms with E-state index in [4.69, 9.17) is 0 Å². The predicted octanol–water partition coefficient (Wildman–Crippen LogP) is 2.33. The van der Waals surface area contributed by atoms with Crippen LogP contribution >= 0.6 is 11.8 Å². The number of hydrazine groups is 2. The van der Waals surface area contributed by atoms with Gasteiger partial charge in [0.25, 0.3) is 0 Å². The van der Waals surface area contributed by atoms with E-state index in [2.05, 4.69) is 38.4 Å². The molecule has 4 unspecified atom stereocenters. The molecule has 0 spiro atoms. The second kappa shape index (κ2) is 8.02. The van der Waals surface area contributed by atoms with E-state index in [1.54, 1.807) is 0 Å². The highest BCUT2D eigenvalue weighted by Gasteiger charge is 2.44. The third kappa shape index (κ3) is 4.05. The van der Waals surface area contributed by atoms with Crippen LogP contribution in [0.5, 0.6) is 0 Å². The van der Waals surface area contributed by atoms with Crippen molar-refractivity contribution in [1.29, 1.82) is 0 Å². The number of hydrogen-bond acceptors (Lipinski definition) is 6. The van der Waals surface area contributed by atoms with Crippen LogP contribution in [0.25, 0.3) is 0 Å². The molecule has 4 rings (SSSR count). The molecule has 0 aromatic carbocycles. The first-order chi connectivity index (χ1) is 11.4. The van der Waals surface area contributed by atoms with Crippen LogP contribution in [0.3, 0.4) is 0 Å². The standard InChI is InChI=1S/C17H33N5S/c1-2-6-13(7-3-1)8-4-10-15-21-22-16(19-20-17(22)23-15)14-9-5-11-18-12-14/h13-21H,1-12H2. The normalized spacial score (nSPS) is 39.7. The lowest BCUT2D eigenvalue weighted by molar-refractivity contribution is 0.0972. The van der Waals surface area contributed by atoms with Crippen molar-refractivity contribution in [3.63, 3.8) is 0 Å². The fraction of sp³-hybridized carbons (Fsp3) is 1.00. The second-order valence-corrected chi connectivity index (χ2v) is 9.08. The summed E-state index contributed by atoms with van der Waals surface area (Å²) in [6, 6.07) is 0. The number of nitrogens with zero attached hydrogens (tertiary/aromatic N) is 1. The largest absolute Gasteiger partial charge is 0.316 e. The van der Waals surface area contributed by atoms with E-state index in [9.17, 15) is 0 Å². The number of hydrogen-bond donors (Lipinski definition) is 4. The second-order valence-electron chi connectivity index (χ2n) is 7.79. The Labute approximate surface area is 145 Å². The quantitative estimate of drug-likeness (QED) is 0.617. The van der Waals surface area contributed by atoms with Crippen LogP contribution in [0.1, 0.15) is 64.2 Å². The molecule has 0 radical (unpaired) electrons. The Morgan fingerprint density at radius 2 is 1.87 bits per heavy atom. The molecule has 0 aromatic rings. The topological polar surface area (TPSA) is 51.4 Å². The molecule has 1 aliphatic carbocycles. The SMILES string of the molecule is C1CCC(CCCC2NN3C(NNC3C3CCCNC3)S2)CC1. The molecule has 132 valence electrons. The van der Waals surface area contributed by atoms with Crippen LogP contribution in [0.2, 0.25) is 0 Å². The van der Waals surface area contributed by atoms with Gasteiger partial charge in [0, 0.05) is 12.5 Å². The summed E-state index contributed by atoms with van der Waals surface area (Å²) in [5.41, 5.74) is 11.2. The molecule has 0 bridgehead atoms.